The molecule has 0 bridgehead atoms. The standard InChI is InChI=1S/C41H75NO3/c1-5-7-9-11-13-15-17-19-21-23-25-27-29-31-33-35-37-44-40(39-43)41(42(3)4)45-38-36-34-32-30-28-26-24-22-20-18-16-14-12-10-8-6-2/h13-16,19-22,39-41H,5-12,17-18,23-38H2,1-4H3/b15-13-,16-14-,21-19-,22-20-. The third-order valence-corrected chi connectivity index (χ3v) is 8.21. The highest BCUT2D eigenvalue weighted by molar-refractivity contribution is 5.57. The van der Waals surface area contributed by atoms with Gasteiger partial charge in [-0.25, -0.2) is 0 Å². The first kappa shape index (κ1) is 43.5. The number of hydrogen-bond donors (Lipinski definition) is 0. The van der Waals surface area contributed by atoms with Gasteiger partial charge in [-0.05, 0) is 91.1 Å². The second kappa shape index (κ2) is 37.0. The number of hydrogen-bond acceptors (Lipinski definition) is 4. The van der Waals surface area contributed by atoms with Crippen molar-refractivity contribution in [3.63, 3.8) is 0 Å². The molecule has 0 saturated heterocycles. The predicted octanol–water partition coefficient (Wildman–Crippen LogP) is 12.1. The zero-order valence-electron chi connectivity index (χ0n) is 30.4. The smallest absolute Gasteiger partial charge is 0.152 e. The van der Waals surface area contributed by atoms with Gasteiger partial charge in [-0.2, -0.15) is 0 Å². The van der Waals surface area contributed by atoms with Crippen LogP contribution in [0.3, 0.4) is 0 Å². The third kappa shape index (κ3) is 32.2. The molecular formula is C41H75NO3. The maximum absolute atomic E-state index is 11.8. The van der Waals surface area contributed by atoms with E-state index in [0.717, 1.165) is 38.4 Å². The van der Waals surface area contributed by atoms with Gasteiger partial charge in [-0.1, -0.05) is 140 Å². The van der Waals surface area contributed by atoms with Gasteiger partial charge in [0.05, 0.1) is 0 Å². The Morgan fingerprint density at radius 3 is 1.20 bits per heavy atom. The number of carbonyl (C=O) groups excluding carboxylic acids is 1. The van der Waals surface area contributed by atoms with Gasteiger partial charge in [0.15, 0.2) is 12.4 Å². The Bertz CT molecular complexity index is 712. The highest BCUT2D eigenvalue weighted by Crippen LogP contribution is 2.13. The summed E-state index contributed by atoms with van der Waals surface area (Å²) in [6, 6.07) is 0. The van der Waals surface area contributed by atoms with Crippen molar-refractivity contribution in [3.8, 4) is 0 Å². The van der Waals surface area contributed by atoms with Gasteiger partial charge < -0.3 is 14.3 Å². The van der Waals surface area contributed by atoms with Gasteiger partial charge >= 0.3 is 0 Å². The van der Waals surface area contributed by atoms with Gasteiger partial charge in [0.25, 0.3) is 0 Å². The predicted molar refractivity (Wildman–Crippen MR) is 198 cm³/mol. The molecule has 0 saturated carbocycles. The zero-order valence-corrected chi connectivity index (χ0v) is 30.4. The van der Waals surface area contributed by atoms with Crippen molar-refractivity contribution in [2.75, 3.05) is 27.3 Å². The van der Waals surface area contributed by atoms with Crippen LogP contribution in [0.1, 0.15) is 168 Å². The summed E-state index contributed by atoms with van der Waals surface area (Å²) in [6.45, 7) is 5.81. The molecular weight excluding hydrogens is 554 g/mol. The van der Waals surface area contributed by atoms with Crippen LogP contribution < -0.4 is 0 Å². The van der Waals surface area contributed by atoms with Gasteiger partial charge in [0.1, 0.15) is 6.23 Å². The van der Waals surface area contributed by atoms with Crippen LogP contribution in [0.2, 0.25) is 0 Å². The molecule has 0 amide bonds. The fraction of sp³-hybridized carbons (Fsp3) is 0.780. The molecule has 0 aliphatic heterocycles. The van der Waals surface area contributed by atoms with Crippen LogP contribution in [0.15, 0.2) is 48.6 Å². The summed E-state index contributed by atoms with van der Waals surface area (Å²) in [7, 11) is 3.92. The molecule has 0 aromatic heterocycles. The molecule has 0 fully saturated rings. The molecule has 0 radical (unpaired) electrons. The molecule has 0 heterocycles. The minimum Gasteiger partial charge on any atom is -0.367 e. The highest BCUT2D eigenvalue weighted by Gasteiger charge is 2.24. The first-order valence-electron chi connectivity index (χ1n) is 19.1. The molecule has 0 aromatic rings. The summed E-state index contributed by atoms with van der Waals surface area (Å²) in [4.78, 5) is 13.8. The molecule has 262 valence electrons. The maximum Gasteiger partial charge on any atom is 0.152 e. The van der Waals surface area contributed by atoms with Crippen LogP contribution in [0.25, 0.3) is 0 Å². The van der Waals surface area contributed by atoms with E-state index in [2.05, 4.69) is 62.5 Å². The van der Waals surface area contributed by atoms with Crippen molar-refractivity contribution >= 4 is 6.29 Å². The van der Waals surface area contributed by atoms with Crippen molar-refractivity contribution in [2.45, 2.75) is 180 Å². The summed E-state index contributed by atoms with van der Waals surface area (Å²) < 4.78 is 12.1. The Balaban J connectivity index is 3.74. The largest absolute Gasteiger partial charge is 0.367 e. The van der Waals surface area contributed by atoms with Crippen LogP contribution in [0, 0.1) is 0 Å². The molecule has 0 aliphatic carbocycles. The van der Waals surface area contributed by atoms with Gasteiger partial charge in [-0.15, -0.1) is 0 Å². The fourth-order valence-electron chi connectivity index (χ4n) is 5.33. The fourth-order valence-corrected chi connectivity index (χ4v) is 5.33. The second-order valence-electron chi connectivity index (χ2n) is 12.9. The number of unbranched alkanes of at least 4 members (excludes halogenated alkanes) is 18. The summed E-state index contributed by atoms with van der Waals surface area (Å²) in [5, 5.41) is 0. The Hall–Kier alpha value is -1.49. The maximum atomic E-state index is 11.8. The summed E-state index contributed by atoms with van der Waals surface area (Å²) in [6.07, 6.45) is 48.1. The number of aldehydes is 1. The van der Waals surface area contributed by atoms with Crippen LogP contribution in [0.4, 0.5) is 0 Å². The molecule has 0 aliphatic rings. The zero-order chi connectivity index (χ0) is 32.9. The van der Waals surface area contributed by atoms with E-state index in [1.54, 1.807) is 0 Å². The second-order valence-corrected chi connectivity index (χ2v) is 12.9. The van der Waals surface area contributed by atoms with E-state index in [-0.39, 0.29) is 6.23 Å². The third-order valence-electron chi connectivity index (χ3n) is 8.21. The Morgan fingerprint density at radius 1 is 0.467 bits per heavy atom. The lowest BCUT2D eigenvalue weighted by Gasteiger charge is -2.29. The van der Waals surface area contributed by atoms with Gasteiger partial charge in [0.2, 0.25) is 0 Å². The monoisotopic (exact) mass is 630 g/mol. The molecule has 4 nitrogen and oxygen atoms in total. The number of carbonyl (C=O) groups is 1. The van der Waals surface area contributed by atoms with Crippen molar-refractivity contribution in [3.05, 3.63) is 48.6 Å². The molecule has 2 unspecified atom stereocenters. The van der Waals surface area contributed by atoms with Gasteiger partial charge in [0, 0.05) is 13.2 Å². The quantitative estimate of drug-likeness (QED) is 0.0302. The number of likely N-dealkylation sites (N-methyl/N-ethyl adjacent to an activating group) is 1. The van der Waals surface area contributed by atoms with Crippen molar-refractivity contribution in [2.24, 2.45) is 0 Å². The molecule has 0 spiro atoms. The van der Waals surface area contributed by atoms with E-state index in [1.165, 1.54) is 122 Å². The summed E-state index contributed by atoms with van der Waals surface area (Å²) in [5.74, 6) is 0. The van der Waals surface area contributed by atoms with Crippen LogP contribution >= 0.6 is 0 Å². The molecule has 4 heteroatoms. The van der Waals surface area contributed by atoms with Crippen molar-refractivity contribution < 1.29 is 14.3 Å². The van der Waals surface area contributed by atoms with E-state index < -0.39 is 6.10 Å². The minimum atomic E-state index is -0.525. The van der Waals surface area contributed by atoms with E-state index >= 15 is 0 Å². The molecule has 2 atom stereocenters. The summed E-state index contributed by atoms with van der Waals surface area (Å²) >= 11 is 0. The van der Waals surface area contributed by atoms with Crippen molar-refractivity contribution in [1.29, 1.82) is 0 Å². The van der Waals surface area contributed by atoms with Crippen molar-refractivity contribution in [1.82, 2.24) is 4.90 Å². The lowest BCUT2D eigenvalue weighted by atomic mass is 10.1. The van der Waals surface area contributed by atoms with Crippen LogP contribution in [0.5, 0.6) is 0 Å². The minimum absolute atomic E-state index is 0.315. The molecule has 0 rings (SSSR count). The number of nitrogens with zero attached hydrogens (tertiary/aromatic N) is 1. The van der Waals surface area contributed by atoms with Gasteiger partial charge in [-0.3, -0.25) is 4.90 Å². The lowest BCUT2D eigenvalue weighted by molar-refractivity contribution is -0.148. The average Bonchev–Trinajstić information content (AvgIpc) is 3.04. The Kier molecular flexibility index (Phi) is 35.7. The molecule has 0 aromatic carbocycles. The first-order valence-corrected chi connectivity index (χ1v) is 19.1. The van der Waals surface area contributed by atoms with E-state index in [0.29, 0.717) is 13.2 Å². The highest BCUT2D eigenvalue weighted by atomic mass is 16.6. The van der Waals surface area contributed by atoms with E-state index in [1.807, 2.05) is 19.0 Å². The Morgan fingerprint density at radius 2 is 0.822 bits per heavy atom. The lowest BCUT2D eigenvalue weighted by Crippen LogP contribution is -2.44. The summed E-state index contributed by atoms with van der Waals surface area (Å²) in [5.41, 5.74) is 0. The number of allylic oxidation sites excluding steroid dienone is 8. The first-order chi connectivity index (χ1) is 22.2. The van der Waals surface area contributed by atoms with E-state index in [9.17, 15) is 4.79 Å². The molecule has 45 heavy (non-hydrogen) atoms. The topological polar surface area (TPSA) is 38.8 Å². The molecule has 0 N–H and O–H groups in total. The van der Waals surface area contributed by atoms with E-state index in [4.69, 9.17) is 9.47 Å². The SMILES string of the molecule is CCCCC/C=C\C/C=C\CCCCCCCCOC(C=O)C(OCCCCCCCC/C=C\C/C=C\CCCCC)N(C)C. The Labute approximate surface area is 281 Å². The number of rotatable bonds is 35. The van der Waals surface area contributed by atoms with Crippen LogP contribution in [-0.2, 0) is 14.3 Å². The normalized spacial score (nSPS) is 13.8. The van der Waals surface area contributed by atoms with Crippen LogP contribution in [-0.4, -0.2) is 50.8 Å². The average molecular weight is 630 g/mol. The number of ether oxygens (including phenoxy) is 2.